The van der Waals surface area contributed by atoms with Gasteiger partial charge in [-0.2, -0.15) is 0 Å². The van der Waals surface area contributed by atoms with E-state index < -0.39 is 40.4 Å². The molecule has 9 heterocycles. The lowest BCUT2D eigenvalue weighted by Gasteiger charge is -2.61. The number of esters is 2. The van der Waals surface area contributed by atoms with Gasteiger partial charge >= 0.3 is 11.9 Å². The Labute approximate surface area is 328 Å². The summed E-state index contributed by atoms with van der Waals surface area (Å²) < 4.78 is 37.6. The van der Waals surface area contributed by atoms with E-state index in [0.29, 0.717) is 59.3 Å². The number of fused-ring (bicyclic) bond motifs is 8. The third kappa shape index (κ3) is 4.76. The summed E-state index contributed by atoms with van der Waals surface area (Å²) in [6.07, 6.45) is 1.07. The second kappa shape index (κ2) is 12.5. The highest BCUT2D eigenvalue weighted by Crippen LogP contribution is 2.65. The fourth-order valence-corrected chi connectivity index (χ4v) is 12.7. The van der Waals surface area contributed by atoms with Gasteiger partial charge in [0.2, 0.25) is 6.79 Å². The first-order valence-corrected chi connectivity index (χ1v) is 20.2. The summed E-state index contributed by atoms with van der Waals surface area (Å²) in [5, 5.41) is 26.7. The van der Waals surface area contributed by atoms with Gasteiger partial charge in [-0.05, 0) is 57.9 Å². The van der Waals surface area contributed by atoms with Crippen molar-refractivity contribution < 1.29 is 47.9 Å². The van der Waals surface area contributed by atoms with Crippen LogP contribution in [0.25, 0.3) is 11.0 Å². The molecule has 8 aliphatic rings. The smallest absolute Gasteiger partial charge is 0.335 e. The maximum atomic E-state index is 15.0. The van der Waals surface area contributed by atoms with Gasteiger partial charge in [0.1, 0.15) is 23.7 Å². The number of phenolic OH excluding ortho intramolecular Hbond substituents is 1. The number of furan rings is 1. The van der Waals surface area contributed by atoms with Crippen LogP contribution in [0.5, 0.6) is 28.7 Å². The SMILES string of the molecule is COc1c(C)cc2c(c1O)[C@H]1[C@@H]3[C@@H]4SC[C@]5(N[C@H](CO)Cc6c5oc5ccccc65)C(=O)OC[C@@H](c5c6c(c(C)c(OC(C)=O)c54)OCO6)N3C(C)(C2)CN1C. The molecule has 0 radical (unpaired) electrons. The zero-order chi connectivity index (χ0) is 39.0. The average Bonchev–Trinajstić information content (AvgIpc) is 3.76. The molecule has 2 saturated heterocycles. The highest BCUT2D eigenvalue weighted by molar-refractivity contribution is 7.99. The zero-order valence-electron chi connectivity index (χ0n) is 32.2. The van der Waals surface area contributed by atoms with Crippen molar-refractivity contribution in [2.24, 2.45) is 0 Å². The molecule has 8 aliphatic heterocycles. The van der Waals surface area contributed by atoms with Crippen LogP contribution in [0.4, 0.5) is 0 Å². The number of para-hydroxylation sites is 1. The molecule has 2 fully saturated rings. The van der Waals surface area contributed by atoms with Crippen LogP contribution in [0, 0.1) is 13.8 Å². The molecule has 13 nitrogen and oxygen atoms in total. The van der Waals surface area contributed by atoms with Crippen LogP contribution in [0.3, 0.4) is 0 Å². The zero-order valence-corrected chi connectivity index (χ0v) is 33.0. The van der Waals surface area contributed by atoms with Gasteiger partial charge in [0, 0.05) is 70.0 Å². The number of aliphatic hydroxyl groups is 1. The molecule has 4 bridgehead atoms. The molecule has 4 aromatic rings. The number of ether oxygens (including phenoxy) is 5. The summed E-state index contributed by atoms with van der Waals surface area (Å²) >= 11 is 1.55. The van der Waals surface area contributed by atoms with Crippen LogP contribution in [0.2, 0.25) is 0 Å². The van der Waals surface area contributed by atoms with Gasteiger partial charge in [-0.3, -0.25) is 19.9 Å². The maximum Gasteiger partial charge on any atom is 0.335 e. The van der Waals surface area contributed by atoms with Crippen molar-refractivity contribution in [3.8, 4) is 28.7 Å². The summed E-state index contributed by atoms with van der Waals surface area (Å²) in [6.45, 7) is 7.81. The van der Waals surface area contributed by atoms with Crippen molar-refractivity contribution in [3.05, 3.63) is 75.0 Å². The molecule has 1 spiro atoms. The summed E-state index contributed by atoms with van der Waals surface area (Å²) in [4.78, 5) is 32.8. The van der Waals surface area contributed by atoms with E-state index in [9.17, 15) is 15.0 Å². The molecule has 3 N–H and O–H groups in total. The van der Waals surface area contributed by atoms with Crippen molar-refractivity contribution in [1.29, 1.82) is 0 Å². The molecule has 1 aromatic heterocycles. The minimum atomic E-state index is -1.47. The lowest BCUT2D eigenvalue weighted by atomic mass is 9.76. The number of likely N-dealkylation sites (N-methyl/N-ethyl adjacent to an activating group) is 1. The van der Waals surface area contributed by atoms with E-state index in [1.54, 1.807) is 18.9 Å². The third-order valence-electron chi connectivity index (χ3n) is 13.0. The molecule has 0 aliphatic carbocycles. The number of hydrogen-bond acceptors (Lipinski definition) is 14. The van der Waals surface area contributed by atoms with E-state index in [-0.39, 0.29) is 43.6 Å². The number of benzene rings is 3. The van der Waals surface area contributed by atoms with Crippen LogP contribution < -0.4 is 24.3 Å². The summed E-state index contributed by atoms with van der Waals surface area (Å²) in [5.74, 6) is 1.64. The predicted octanol–water partition coefficient (Wildman–Crippen LogP) is 4.88. The highest BCUT2D eigenvalue weighted by Gasteiger charge is 2.63. The molecular weight excluding hydrogens is 739 g/mol. The van der Waals surface area contributed by atoms with Gasteiger partial charge < -0.3 is 38.3 Å². The normalized spacial score (nSPS) is 31.3. The fraction of sp³-hybridized carbons (Fsp3) is 0.476. The Balaban J connectivity index is 1.26. The maximum absolute atomic E-state index is 15.0. The number of carbonyl (C=O) groups excluding carboxylic acids is 2. The molecule has 3 aromatic carbocycles. The molecule has 56 heavy (non-hydrogen) atoms. The van der Waals surface area contributed by atoms with Crippen LogP contribution in [-0.4, -0.2) is 96.0 Å². The number of aryl methyl sites for hydroxylation is 1. The predicted molar refractivity (Wildman–Crippen MR) is 206 cm³/mol. The van der Waals surface area contributed by atoms with Crippen molar-refractivity contribution >= 4 is 34.7 Å². The Morgan fingerprint density at radius 2 is 1.89 bits per heavy atom. The molecule has 294 valence electrons. The number of phenols is 1. The standard InChI is InChI=1S/C42H45N3O10S/c1-19-11-22-13-41(4)16-44(5)31(28(22)33(48)34(19)50-6)32-38-30-29(37-36(52-18-53-37)20(2)35(30)54-21(3)47)26(45(32)41)15-51-40(49)42(17-56-38)39-25(12-23(14-46)43-42)24-9-7-8-10-27(24)55-39/h7-11,23,26,31-32,38,43,46,48H,12-18H2,1-6H3/t23-,26-,31-,32+,38+,41?,42+/m0/s1. The highest BCUT2D eigenvalue weighted by atomic mass is 32.2. The van der Waals surface area contributed by atoms with Crippen LogP contribution in [-0.2, 0) is 32.7 Å². The Kier molecular flexibility index (Phi) is 8.02. The Bertz CT molecular complexity index is 2360. The van der Waals surface area contributed by atoms with E-state index in [1.807, 2.05) is 38.1 Å². The monoisotopic (exact) mass is 783 g/mol. The van der Waals surface area contributed by atoms with E-state index in [4.69, 9.17) is 28.1 Å². The number of piperazine rings is 1. The van der Waals surface area contributed by atoms with E-state index >= 15 is 4.79 Å². The third-order valence-corrected chi connectivity index (χ3v) is 14.4. The number of nitrogens with one attached hydrogen (secondary N) is 1. The van der Waals surface area contributed by atoms with Crippen LogP contribution in [0.15, 0.2) is 34.7 Å². The number of rotatable bonds is 3. The molecule has 14 heteroatoms. The second-order valence-electron chi connectivity index (χ2n) is 16.4. The van der Waals surface area contributed by atoms with Crippen molar-refractivity contribution in [2.75, 3.05) is 46.5 Å². The van der Waals surface area contributed by atoms with Crippen molar-refractivity contribution in [2.45, 2.75) is 81.0 Å². The van der Waals surface area contributed by atoms with E-state index in [0.717, 1.165) is 38.8 Å². The Hall–Kier alpha value is -4.47. The van der Waals surface area contributed by atoms with Gasteiger partial charge in [-0.15, -0.1) is 11.8 Å². The number of thioether (sulfide) groups is 1. The summed E-state index contributed by atoms with van der Waals surface area (Å²) in [7, 11) is 3.67. The summed E-state index contributed by atoms with van der Waals surface area (Å²) in [6, 6.07) is 8.09. The van der Waals surface area contributed by atoms with Crippen LogP contribution >= 0.6 is 11.8 Å². The molecule has 0 saturated carbocycles. The molecule has 2 unspecified atom stereocenters. The lowest BCUT2D eigenvalue weighted by molar-refractivity contribution is -0.161. The van der Waals surface area contributed by atoms with Gasteiger partial charge in [0.05, 0.1) is 31.1 Å². The number of hydrogen-bond donors (Lipinski definition) is 3. The number of carbonyl (C=O) groups is 2. The number of methoxy groups -OCH3 is 1. The number of aliphatic hydroxyl groups excluding tert-OH is 1. The van der Waals surface area contributed by atoms with Gasteiger partial charge in [-0.25, -0.2) is 4.79 Å². The lowest BCUT2D eigenvalue weighted by Crippen LogP contribution is -2.69. The first-order chi connectivity index (χ1) is 26.9. The quantitative estimate of drug-likeness (QED) is 0.191. The first kappa shape index (κ1) is 35.9. The van der Waals surface area contributed by atoms with Crippen molar-refractivity contribution in [1.82, 2.24) is 15.1 Å². The van der Waals surface area contributed by atoms with Crippen LogP contribution in [0.1, 0.15) is 75.9 Å². The van der Waals surface area contributed by atoms with E-state index in [2.05, 4.69) is 35.2 Å². The second-order valence-corrected chi connectivity index (χ2v) is 17.5. The van der Waals surface area contributed by atoms with Gasteiger partial charge in [0.25, 0.3) is 0 Å². The minimum absolute atomic E-state index is 0.00862. The molecule has 0 amide bonds. The minimum Gasteiger partial charge on any atom is -0.504 e. The molecular formula is C42H45N3O10S. The molecule has 12 rings (SSSR count). The van der Waals surface area contributed by atoms with Crippen molar-refractivity contribution in [3.63, 3.8) is 0 Å². The number of nitrogens with zero attached hydrogens (tertiary/aromatic N) is 2. The molecule has 8 atom stereocenters. The largest absolute Gasteiger partial charge is 0.504 e. The Morgan fingerprint density at radius 1 is 1.11 bits per heavy atom. The summed E-state index contributed by atoms with van der Waals surface area (Å²) in [5.41, 5.74) is 4.35. The first-order valence-electron chi connectivity index (χ1n) is 19.1. The topological polar surface area (TPSA) is 152 Å². The van der Waals surface area contributed by atoms with Gasteiger partial charge in [-0.1, -0.05) is 24.3 Å². The average molecular weight is 784 g/mol. The Morgan fingerprint density at radius 3 is 2.66 bits per heavy atom. The van der Waals surface area contributed by atoms with Gasteiger partial charge in [0.15, 0.2) is 28.5 Å². The van der Waals surface area contributed by atoms with E-state index in [1.165, 1.54) is 6.92 Å². The number of aromatic hydroxyl groups is 1. The fourth-order valence-electron chi connectivity index (χ4n) is 11.1.